The fourth-order valence-corrected chi connectivity index (χ4v) is 3.11. The van der Waals surface area contributed by atoms with Gasteiger partial charge in [0.1, 0.15) is 0 Å². The van der Waals surface area contributed by atoms with Gasteiger partial charge in [0.25, 0.3) is 0 Å². The number of carbonyl (C=O) groups is 1. The van der Waals surface area contributed by atoms with E-state index < -0.39 is 0 Å². The van der Waals surface area contributed by atoms with E-state index in [0.29, 0.717) is 6.04 Å². The van der Waals surface area contributed by atoms with Crippen LogP contribution in [0.2, 0.25) is 0 Å². The molecule has 2 aliphatic rings. The van der Waals surface area contributed by atoms with Gasteiger partial charge < -0.3 is 15.5 Å². The molecule has 2 fully saturated rings. The van der Waals surface area contributed by atoms with Crippen molar-refractivity contribution in [2.45, 2.75) is 25.8 Å². The van der Waals surface area contributed by atoms with E-state index in [4.69, 9.17) is 0 Å². The third kappa shape index (κ3) is 3.29. The zero-order valence-electron chi connectivity index (χ0n) is 12.6. The molecule has 2 heterocycles. The monoisotopic (exact) mass is 288 g/mol. The molecule has 0 aromatic heterocycles. The number of likely N-dealkylation sites (tertiary alicyclic amines) is 1. The van der Waals surface area contributed by atoms with Crippen LogP contribution in [0.15, 0.2) is 24.3 Å². The van der Waals surface area contributed by atoms with Crippen LogP contribution in [-0.2, 0) is 0 Å². The van der Waals surface area contributed by atoms with Crippen LogP contribution in [0.4, 0.5) is 16.2 Å². The molecule has 114 valence electrons. The normalized spacial score (nSPS) is 20.6. The number of anilines is 2. The molecule has 2 aliphatic heterocycles. The Bertz CT molecular complexity index is 497. The van der Waals surface area contributed by atoms with E-state index in [9.17, 15) is 4.79 Å². The Kier molecular flexibility index (Phi) is 4.29. The Hall–Kier alpha value is -1.75. The number of benzene rings is 1. The van der Waals surface area contributed by atoms with Gasteiger partial charge in [0.2, 0.25) is 0 Å². The van der Waals surface area contributed by atoms with Gasteiger partial charge in [-0.2, -0.15) is 0 Å². The lowest BCUT2D eigenvalue weighted by molar-refractivity contribution is 0.229. The molecule has 0 atom stereocenters. The van der Waals surface area contributed by atoms with Crippen LogP contribution < -0.4 is 15.5 Å². The first kappa shape index (κ1) is 14.2. The largest absolute Gasteiger partial charge is 0.382 e. The Labute approximate surface area is 126 Å². The van der Waals surface area contributed by atoms with E-state index in [2.05, 4.69) is 34.6 Å². The number of hydrogen-bond donors (Lipinski definition) is 2. The third-order valence-electron chi connectivity index (χ3n) is 4.42. The highest BCUT2D eigenvalue weighted by molar-refractivity contribution is 5.94. The third-order valence-corrected chi connectivity index (χ3v) is 4.42. The first-order valence-electron chi connectivity index (χ1n) is 7.90. The number of piperidine rings is 1. The highest BCUT2D eigenvalue weighted by Crippen LogP contribution is 2.23. The van der Waals surface area contributed by atoms with Crippen molar-refractivity contribution < 1.29 is 4.79 Å². The predicted octanol–water partition coefficient (Wildman–Crippen LogP) is 2.11. The average Bonchev–Trinajstić information content (AvgIpc) is 2.94. The lowest BCUT2D eigenvalue weighted by Crippen LogP contribution is -2.38. The van der Waals surface area contributed by atoms with Crippen molar-refractivity contribution in [3.8, 4) is 0 Å². The van der Waals surface area contributed by atoms with E-state index in [1.807, 2.05) is 12.1 Å². The number of nitrogens with zero attached hydrogens (tertiary/aromatic N) is 2. The fourth-order valence-electron chi connectivity index (χ4n) is 3.11. The van der Waals surface area contributed by atoms with Crippen molar-refractivity contribution in [2.24, 2.45) is 0 Å². The number of hydrogen-bond acceptors (Lipinski definition) is 3. The van der Waals surface area contributed by atoms with Crippen LogP contribution in [0.25, 0.3) is 0 Å². The summed E-state index contributed by atoms with van der Waals surface area (Å²) in [6.45, 7) is 7.18. The second-order valence-electron chi connectivity index (χ2n) is 5.79. The first-order chi connectivity index (χ1) is 10.3. The van der Waals surface area contributed by atoms with Crippen LogP contribution in [0, 0.1) is 0 Å². The molecule has 5 heteroatoms. The van der Waals surface area contributed by atoms with Crippen LogP contribution in [0.3, 0.4) is 0 Å². The molecule has 0 saturated carbocycles. The van der Waals surface area contributed by atoms with Gasteiger partial charge in [-0.3, -0.25) is 4.90 Å². The Morgan fingerprint density at radius 1 is 1.29 bits per heavy atom. The molecule has 0 radical (unpaired) electrons. The molecular formula is C16H24N4O. The maximum absolute atomic E-state index is 11.7. The van der Waals surface area contributed by atoms with E-state index in [0.717, 1.165) is 31.0 Å². The number of urea groups is 1. The lowest BCUT2D eigenvalue weighted by Gasteiger charge is -2.32. The number of rotatable bonds is 4. The van der Waals surface area contributed by atoms with Crippen LogP contribution in [0.5, 0.6) is 0 Å². The lowest BCUT2D eigenvalue weighted by atomic mass is 10.0. The first-order valence-corrected chi connectivity index (χ1v) is 7.90. The van der Waals surface area contributed by atoms with Crippen molar-refractivity contribution in [2.75, 3.05) is 42.9 Å². The molecule has 3 rings (SSSR count). The van der Waals surface area contributed by atoms with Crippen molar-refractivity contribution in [1.29, 1.82) is 0 Å². The molecule has 21 heavy (non-hydrogen) atoms. The van der Waals surface area contributed by atoms with Gasteiger partial charge in [0.05, 0.1) is 0 Å². The molecule has 1 aromatic carbocycles. The fraction of sp³-hybridized carbons (Fsp3) is 0.562. The predicted molar refractivity (Wildman–Crippen MR) is 85.9 cm³/mol. The summed E-state index contributed by atoms with van der Waals surface area (Å²) in [6.07, 6.45) is 2.37. The molecular weight excluding hydrogens is 264 g/mol. The van der Waals surface area contributed by atoms with Gasteiger partial charge in [-0.15, -0.1) is 0 Å². The summed E-state index contributed by atoms with van der Waals surface area (Å²) in [5.41, 5.74) is 2.09. The van der Waals surface area contributed by atoms with Crippen LogP contribution in [-0.4, -0.2) is 49.7 Å². The quantitative estimate of drug-likeness (QED) is 0.892. The molecule has 0 aliphatic carbocycles. The molecule has 0 unspecified atom stereocenters. The summed E-state index contributed by atoms with van der Waals surface area (Å²) in [5.74, 6) is 0. The minimum Gasteiger partial charge on any atom is -0.382 e. The molecule has 2 saturated heterocycles. The summed E-state index contributed by atoms with van der Waals surface area (Å²) in [6, 6.07) is 8.72. The Balaban J connectivity index is 1.62. The number of carbonyl (C=O) groups excluding carboxylic acids is 1. The zero-order chi connectivity index (χ0) is 14.7. The second kappa shape index (κ2) is 6.35. The standard InChI is InChI=1S/C16H24N4O/c1-2-19-9-6-13(7-10-19)18-14-4-3-5-15(12-14)20-11-8-17-16(20)21/h3-5,12-13,18H,2,6-11H2,1H3,(H,17,21). The molecule has 5 nitrogen and oxygen atoms in total. The van der Waals surface area contributed by atoms with Crippen molar-refractivity contribution in [3.63, 3.8) is 0 Å². The molecule has 0 spiro atoms. The minimum absolute atomic E-state index is 0.00315. The smallest absolute Gasteiger partial charge is 0.321 e. The maximum atomic E-state index is 11.7. The van der Waals surface area contributed by atoms with Crippen molar-refractivity contribution in [3.05, 3.63) is 24.3 Å². The van der Waals surface area contributed by atoms with Crippen LogP contribution in [0.1, 0.15) is 19.8 Å². The van der Waals surface area contributed by atoms with Gasteiger partial charge in [-0.05, 0) is 37.6 Å². The van der Waals surface area contributed by atoms with E-state index >= 15 is 0 Å². The van der Waals surface area contributed by atoms with Gasteiger partial charge in [-0.25, -0.2) is 4.79 Å². The van der Waals surface area contributed by atoms with Gasteiger partial charge >= 0.3 is 6.03 Å². The van der Waals surface area contributed by atoms with E-state index in [-0.39, 0.29) is 6.03 Å². The average molecular weight is 288 g/mol. The Morgan fingerprint density at radius 2 is 2.10 bits per heavy atom. The molecule has 2 amide bonds. The van der Waals surface area contributed by atoms with Gasteiger partial charge in [-0.1, -0.05) is 13.0 Å². The van der Waals surface area contributed by atoms with Crippen molar-refractivity contribution >= 4 is 17.4 Å². The summed E-state index contributed by atoms with van der Waals surface area (Å²) < 4.78 is 0. The van der Waals surface area contributed by atoms with Crippen molar-refractivity contribution in [1.82, 2.24) is 10.2 Å². The summed E-state index contributed by atoms with van der Waals surface area (Å²) in [7, 11) is 0. The maximum Gasteiger partial charge on any atom is 0.321 e. The summed E-state index contributed by atoms with van der Waals surface area (Å²) in [5, 5.41) is 6.46. The molecule has 2 N–H and O–H groups in total. The minimum atomic E-state index is 0.00315. The highest BCUT2D eigenvalue weighted by Gasteiger charge is 2.22. The highest BCUT2D eigenvalue weighted by atomic mass is 16.2. The zero-order valence-corrected chi connectivity index (χ0v) is 12.6. The topological polar surface area (TPSA) is 47.6 Å². The Morgan fingerprint density at radius 3 is 2.76 bits per heavy atom. The van der Waals surface area contributed by atoms with E-state index in [1.54, 1.807) is 4.90 Å². The number of nitrogens with one attached hydrogen (secondary N) is 2. The van der Waals surface area contributed by atoms with Gasteiger partial charge in [0.15, 0.2) is 0 Å². The summed E-state index contributed by atoms with van der Waals surface area (Å²) >= 11 is 0. The molecule has 0 bridgehead atoms. The van der Waals surface area contributed by atoms with E-state index in [1.165, 1.54) is 25.9 Å². The SMILES string of the molecule is CCN1CCC(Nc2cccc(N3CCNC3=O)c2)CC1. The number of amides is 2. The summed E-state index contributed by atoms with van der Waals surface area (Å²) in [4.78, 5) is 16.0. The molecule has 1 aromatic rings. The second-order valence-corrected chi connectivity index (χ2v) is 5.79. The van der Waals surface area contributed by atoms with Crippen LogP contribution >= 0.6 is 0 Å². The van der Waals surface area contributed by atoms with Gasteiger partial charge in [0, 0.05) is 43.6 Å².